The van der Waals surface area contributed by atoms with Gasteiger partial charge in [-0.3, -0.25) is 14.3 Å². The molecule has 1 aliphatic heterocycles. The zero-order chi connectivity index (χ0) is 18.2. The second kappa shape index (κ2) is 7.82. The van der Waals surface area contributed by atoms with Gasteiger partial charge in [-0.15, -0.1) is 0 Å². The van der Waals surface area contributed by atoms with E-state index >= 15 is 0 Å². The molecular formula is C18H22N4O2S2. The third-order valence-corrected chi connectivity index (χ3v) is 5.41. The predicted molar refractivity (Wildman–Crippen MR) is 107 cm³/mol. The van der Waals surface area contributed by atoms with Crippen LogP contribution in [-0.4, -0.2) is 32.0 Å². The maximum absolute atomic E-state index is 12.7. The van der Waals surface area contributed by atoms with Gasteiger partial charge in [0.15, 0.2) is 5.16 Å². The molecule has 0 amide bonds. The van der Waals surface area contributed by atoms with Crippen molar-refractivity contribution in [1.29, 1.82) is 5.26 Å². The molecule has 8 heteroatoms. The minimum absolute atomic E-state index is 0. The van der Waals surface area contributed by atoms with E-state index in [0.29, 0.717) is 28.7 Å². The van der Waals surface area contributed by atoms with Gasteiger partial charge < -0.3 is 5.11 Å². The normalized spacial score (nSPS) is 16.3. The molecule has 0 aliphatic carbocycles. The standard InChI is InChI=1S/C18H20N4O2S.H2S/c1-18(2,3)14-5-4-12(7-20-14)15-13(6-19)16(24)22-8-11(9-23)10-25-17(22)21-15;/h4-5,7,11,23H,8-10H2,1-3H3;1H2/t11-;/m0./s1. The second-order valence-corrected chi connectivity index (χ2v) is 8.17. The van der Waals surface area contributed by atoms with E-state index in [4.69, 9.17) is 0 Å². The number of thioether (sulfide) groups is 1. The molecule has 0 saturated heterocycles. The highest BCUT2D eigenvalue weighted by Gasteiger charge is 2.25. The highest BCUT2D eigenvalue weighted by Crippen LogP contribution is 2.29. The van der Waals surface area contributed by atoms with E-state index in [1.807, 2.05) is 18.2 Å². The fourth-order valence-electron chi connectivity index (χ4n) is 2.71. The van der Waals surface area contributed by atoms with Crippen LogP contribution in [0.2, 0.25) is 0 Å². The Morgan fingerprint density at radius 3 is 2.69 bits per heavy atom. The summed E-state index contributed by atoms with van der Waals surface area (Å²) in [5.74, 6) is 0.706. The average Bonchev–Trinajstić information content (AvgIpc) is 2.60. The van der Waals surface area contributed by atoms with Gasteiger partial charge in [-0.05, 0) is 12.1 Å². The van der Waals surface area contributed by atoms with Crippen LogP contribution in [0.15, 0.2) is 28.3 Å². The number of pyridine rings is 1. The predicted octanol–water partition coefficient (Wildman–Crippen LogP) is 2.30. The highest BCUT2D eigenvalue weighted by atomic mass is 32.2. The lowest BCUT2D eigenvalue weighted by Gasteiger charge is -2.24. The Morgan fingerprint density at radius 2 is 2.15 bits per heavy atom. The molecule has 2 aromatic heterocycles. The maximum atomic E-state index is 12.7. The summed E-state index contributed by atoms with van der Waals surface area (Å²) in [6.45, 7) is 6.63. The van der Waals surface area contributed by atoms with Crippen LogP contribution in [0.5, 0.6) is 0 Å². The minimum atomic E-state index is -0.354. The number of hydrogen-bond acceptors (Lipinski definition) is 6. The van der Waals surface area contributed by atoms with Crippen molar-refractivity contribution in [3.05, 3.63) is 39.9 Å². The van der Waals surface area contributed by atoms with Crippen LogP contribution in [0.25, 0.3) is 11.3 Å². The summed E-state index contributed by atoms with van der Waals surface area (Å²) in [4.78, 5) is 21.7. The molecule has 0 aromatic carbocycles. The molecule has 0 bridgehead atoms. The van der Waals surface area contributed by atoms with E-state index in [-0.39, 0.29) is 42.6 Å². The molecular weight excluding hydrogens is 368 g/mol. The summed E-state index contributed by atoms with van der Waals surface area (Å²) in [6, 6.07) is 5.76. The van der Waals surface area contributed by atoms with Crippen LogP contribution in [0.4, 0.5) is 0 Å². The first-order valence-electron chi connectivity index (χ1n) is 8.10. The molecule has 0 saturated carbocycles. The number of aliphatic hydroxyl groups is 1. The van der Waals surface area contributed by atoms with Crippen molar-refractivity contribution in [2.75, 3.05) is 12.4 Å². The molecule has 1 atom stereocenters. The molecule has 0 unspecified atom stereocenters. The van der Waals surface area contributed by atoms with Gasteiger partial charge in [-0.25, -0.2) is 4.98 Å². The molecule has 26 heavy (non-hydrogen) atoms. The summed E-state index contributed by atoms with van der Waals surface area (Å²) in [5, 5.41) is 19.4. The Hall–Kier alpha value is -1.82. The summed E-state index contributed by atoms with van der Waals surface area (Å²) in [5.41, 5.74) is 1.57. The zero-order valence-electron chi connectivity index (χ0n) is 15.0. The Kier molecular flexibility index (Phi) is 6.17. The van der Waals surface area contributed by atoms with E-state index < -0.39 is 0 Å². The van der Waals surface area contributed by atoms with Crippen molar-refractivity contribution in [2.24, 2.45) is 5.92 Å². The van der Waals surface area contributed by atoms with Crippen LogP contribution in [0.3, 0.4) is 0 Å². The Labute approximate surface area is 163 Å². The van der Waals surface area contributed by atoms with Gasteiger partial charge in [0.2, 0.25) is 0 Å². The molecule has 3 heterocycles. The Morgan fingerprint density at radius 1 is 1.42 bits per heavy atom. The van der Waals surface area contributed by atoms with Crippen molar-refractivity contribution in [1.82, 2.24) is 14.5 Å². The first-order chi connectivity index (χ1) is 11.8. The van der Waals surface area contributed by atoms with Gasteiger partial charge in [0.05, 0.1) is 5.69 Å². The quantitative estimate of drug-likeness (QED) is 0.791. The zero-order valence-corrected chi connectivity index (χ0v) is 16.8. The molecule has 0 spiro atoms. The van der Waals surface area contributed by atoms with Crippen LogP contribution >= 0.6 is 25.3 Å². The van der Waals surface area contributed by atoms with E-state index in [0.717, 1.165) is 5.69 Å². The fraction of sp³-hybridized carbons (Fsp3) is 0.444. The Balaban J connectivity index is 0.00000243. The van der Waals surface area contributed by atoms with Gasteiger partial charge >= 0.3 is 0 Å². The molecule has 1 aliphatic rings. The number of hydrogen-bond donors (Lipinski definition) is 1. The number of aliphatic hydroxyl groups excluding tert-OH is 1. The Bertz CT molecular complexity index is 896. The third kappa shape index (κ3) is 3.80. The largest absolute Gasteiger partial charge is 0.396 e. The van der Waals surface area contributed by atoms with Crippen molar-refractivity contribution in [3.63, 3.8) is 0 Å². The van der Waals surface area contributed by atoms with Gasteiger partial charge in [0, 0.05) is 47.7 Å². The molecule has 0 radical (unpaired) electrons. The molecule has 3 rings (SSSR count). The number of rotatable bonds is 2. The van der Waals surface area contributed by atoms with E-state index in [9.17, 15) is 15.2 Å². The van der Waals surface area contributed by atoms with Crippen LogP contribution in [0.1, 0.15) is 32.0 Å². The van der Waals surface area contributed by atoms with Crippen molar-refractivity contribution in [2.45, 2.75) is 37.9 Å². The van der Waals surface area contributed by atoms with E-state index in [1.54, 1.807) is 6.20 Å². The summed E-state index contributed by atoms with van der Waals surface area (Å²) in [6.07, 6.45) is 1.67. The summed E-state index contributed by atoms with van der Waals surface area (Å²) in [7, 11) is 0. The van der Waals surface area contributed by atoms with Crippen molar-refractivity contribution in [3.8, 4) is 17.3 Å². The van der Waals surface area contributed by atoms with Gasteiger partial charge in [0.1, 0.15) is 11.6 Å². The molecule has 1 N–H and O–H groups in total. The second-order valence-electron chi connectivity index (χ2n) is 7.19. The highest BCUT2D eigenvalue weighted by molar-refractivity contribution is 7.99. The molecule has 138 valence electrons. The molecule has 0 fully saturated rings. The summed E-state index contributed by atoms with van der Waals surface area (Å²) < 4.78 is 1.49. The first-order valence-corrected chi connectivity index (χ1v) is 9.09. The van der Waals surface area contributed by atoms with Crippen molar-refractivity contribution < 1.29 is 5.11 Å². The lowest BCUT2D eigenvalue weighted by Crippen LogP contribution is -2.34. The lowest BCUT2D eigenvalue weighted by molar-refractivity contribution is 0.217. The monoisotopic (exact) mass is 390 g/mol. The van der Waals surface area contributed by atoms with E-state index in [2.05, 4.69) is 30.7 Å². The number of aromatic nitrogens is 3. The number of fused-ring (bicyclic) bond motifs is 1. The smallest absolute Gasteiger partial charge is 0.272 e. The van der Waals surface area contributed by atoms with E-state index in [1.165, 1.54) is 16.3 Å². The fourth-order valence-corrected chi connectivity index (χ4v) is 3.77. The molecule has 6 nitrogen and oxygen atoms in total. The van der Waals surface area contributed by atoms with Crippen molar-refractivity contribution >= 4 is 25.3 Å². The van der Waals surface area contributed by atoms with Gasteiger partial charge in [-0.2, -0.15) is 18.8 Å². The topological polar surface area (TPSA) is 91.8 Å². The number of nitriles is 1. The third-order valence-electron chi connectivity index (χ3n) is 4.20. The van der Waals surface area contributed by atoms with Gasteiger partial charge in [-0.1, -0.05) is 32.5 Å². The maximum Gasteiger partial charge on any atom is 0.272 e. The minimum Gasteiger partial charge on any atom is -0.396 e. The molecule has 2 aromatic rings. The van der Waals surface area contributed by atoms with Crippen LogP contribution < -0.4 is 5.56 Å². The SMILES string of the molecule is CC(C)(C)c1ccc(-c2nc3n(c(=O)c2C#N)C[C@@H](CO)CS3)cn1.S. The van der Waals surface area contributed by atoms with Gasteiger partial charge in [0.25, 0.3) is 5.56 Å². The van der Waals surface area contributed by atoms with Crippen LogP contribution in [0, 0.1) is 17.2 Å². The average molecular weight is 391 g/mol. The summed E-state index contributed by atoms with van der Waals surface area (Å²) >= 11 is 1.43. The first kappa shape index (κ1) is 20.5. The lowest BCUT2D eigenvalue weighted by atomic mass is 9.91. The van der Waals surface area contributed by atoms with Crippen LogP contribution in [-0.2, 0) is 12.0 Å². The number of nitrogens with zero attached hydrogens (tertiary/aromatic N) is 4.